The third kappa shape index (κ3) is 2.90. The fraction of sp³-hybridized carbons (Fsp3) is 0.429. The van der Waals surface area contributed by atoms with E-state index in [9.17, 15) is 4.79 Å². The topological polar surface area (TPSA) is 55.1 Å². The normalized spacial score (nSPS) is 17.2. The van der Waals surface area contributed by atoms with Gasteiger partial charge in [-0.15, -0.1) is 0 Å². The van der Waals surface area contributed by atoms with E-state index in [4.69, 9.17) is 29.6 Å². The first-order chi connectivity index (χ1) is 8.94. The van der Waals surface area contributed by atoms with Crippen LogP contribution >= 0.6 is 23.8 Å². The van der Waals surface area contributed by atoms with Crippen LogP contribution in [0.5, 0.6) is 0 Å². The molecule has 3 N–H and O–H groups in total. The maximum atomic E-state index is 12.3. The predicted molar refractivity (Wildman–Crippen MR) is 81.6 cm³/mol. The van der Waals surface area contributed by atoms with E-state index in [0.29, 0.717) is 15.6 Å². The molecule has 102 valence electrons. The summed E-state index contributed by atoms with van der Waals surface area (Å²) in [6.07, 6.45) is 3.72. The van der Waals surface area contributed by atoms with Crippen molar-refractivity contribution in [3.63, 3.8) is 0 Å². The van der Waals surface area contributed by atoms with Gasteiger partial charge in [-0.2, -0.15) is 0 Å². The first kappa shape index (κ1) is 14.3. The molecule has 0 saturated heterocycles. The van der Waals surface area contributed by atoms with Crippen LogP contribution in [-0.2, 0) is 0 Å². The number of rotatable bonds is 3. The monoisotopic (exact) mass is 296 g/mol. The zero-order valence-corrected chi connectivity index (χ0v) is 12.4. The van der Waals surface area contributed by atoms with Gasteiger partial charge >= 0.3 is 0 Å². The van der Waals surface area contributed by atoms with Crippen molar-refractivity contribution in [2.45, 2.75) is 38.1 Å². The summed E-state index contributed by atoms with van der Waals surface area (Å²) in [6, 6.07) is 5.22. The largest absolute Gasteiger partial charge is 0.391 e. The average molecular weight is 297 g/mol. The number of aryl methyl sites for hydroxylation is 1. The second-order valence-electron chi connectivity index (χ2n) is 5.07. The highest BCUT2D eigenvalue weighted by Gasteiger charge is 2.38. The van der Waals surface area contributed by atoms with Gasteiger partial charge in [-0.3, -0.25) is 4.79 Å². The second kappa shape index (κ2) is 5.47. The number of halogens is 1. The molecule has 0 atom stereocenters. The number of hydrogen-bond acceptors (Lipinski definition) is 2. The number of amides is 1. The van der Waals surface area contributed by atoms with E-state index in [2.05, 4.69) is 5.32 Å². The molecule has 1 aliphatic rings. The van der Waals surface area contributed by atoms with Crippen molar-refractivity contribution in [3.8, 4) is 0 Å². The molecule has 0 spiro atoms. The lowest BCUT2D eigenvalue weighted by atomic mass is 9.96. The molecule has 19 heavy (non-hydrogen) atoms. The van der Waals surface area contributed by atoms with Gasteiger partial charge in [0.2, 0.25) is 0 Å². The Kier molecular flexibility index (Phi) is 4.11. The molecule has 1 fully saturated rings. The molecule has 5 heteroatoms. The molecule has 1 amide bonds. The molecule has 0 aliphatic heterocycles. The molecular formula is C14H17ClN2OS. The quantitative estimate of drug-likeness (QED) is 0.843. The van der Waals surface area contributed by atoms with Gasteiger partial charge in [-0.05, 0) is 43.5 Å². The molecule has 1 aliphatic carbocycles. The number of nitrogens with two attached hydrogens (primary N) is 1. The zero-order valence-electron chi connectivity index (χ0n) is 10.8. The molecule has 1 aromatic carbocycles. The molecule has 3 nitrogen and oxygen atoms in total. The van der Waals surface area contributed by atoms with Gasteiger partial charge in [-0.25, -0.2) is 0 Å². The minimum atomic E-state index is -0.514. The summed E-state index contributed by atoms with van der Waals surface area (Å²) in [5.74, 6) is -0.144. The first-order valence-corrected chi connectivity index (χ1v) is 7.12. The fourth-order valence-electron chi connectivity index (χ4n) is 2.49. The minimum Gasteiger partial charge on any atom is -0.391 e. The van der Waals surface area contributed by atoms with E-state index in [1.807, 2.05) is 6.92 Å². The summed E-state index contributed by atoms with van der Waals surface area (Å²) in [6.45, 7) is 1.87. The summed E-state index contributed by atoms with van der Waals surface area (Å²) < 4.78 is 0. The third-order valence-electron chi connectivity index (χ3n) is 3.70. The Morgan fingerprint density at radius 2 is 2.05 bits per heavy atom. The predicted octanol–water partition coefficient (Wildman–Crippen LogP) is 2.98. The van der Waals surface area contributed by atoms with Gasteiger partial charge in [0.15, 0.2) is 0 Å². The summed E-state index contributed by atoms with van der Waals surface area (Å²) >= 11 is 11.1. The summed E-state index contributed by atoms with van der Waals surface area (Å²) in [5, 5.41) is 3.66. The fourth-order valence-corrected chi connectivity index (χ4v) is 2.86. The van der Waals surface area contributed by atoms with Crippen LogP contribution in [0.15, 0.2) is 18.2 Å². The molecule has 2 rings (SSSR count). The van der Waals surface area contributed by atoms with Crippen molar-refractivity contribution < 1.29 is 4.79 Å². The van der Waals surface area contributed by atoms with Crippen LogP contribution in [0.4, 0.5) is 0 Å². The lowest BCUT2D eigenvalue weighted by Gasteiger charge is -2.29. The zero-order chi connectivity index (χ0) is 14.0. The Labute approximate surface area is 123 Å². The van der Waals surface area contributed by atoms with Gasteiger partial charge in [0, 0.05) is 10.6 Å². The van der Waals surface area contributed by atoms with E-state index in [-0.39, 0.29) is 5.91 Å². The van der Waals surface area contributed by atoms with Gasteiger partial charge in [0.1, 0.15) is 0 Å². The van der Waals surface area contributed by atoms with E-state index >= 15 is 0 Å². The van der Waals surface area contributed by atoms with Crippen LogP contribution < -0.4 is 11.1 Å². The lowest BCUT2D eigenvalue weighted by molar-refractivity contribution is 0.0924. The highest BCUT2D eigenvalue weighted by Crippen LogP contribution is 2.30. The average Bonchev–Trinajstić information content (AvgIpc) is 2.82. The molecule has 1 saturated carbocycles. The maximum absolute atomic E-state index is 12.3. The number of benzene rings is 1. The van der Waals surface area contributed by atoms with Gasteiger partial charge in [-0.1, -0.05) is 36.7 Å². The molecule has 0 bridgehead atoms. The van der Waals surface area contributed by atoms with Crippen LogP contribution in [0.2, 0.25) is 5.02 Å². The van der Waals surface area contributed by atoms with Gasteiger partial charge < -0.3 is 11.1 Å². The Morgan fingerprint density at radius 1 is 1.42 bits per heavy atom. The Balaban J connectivity index is 2.20. The second-order valence-corrected chi connectivity index (χ2v) is 5.92. The Bertz CT molecular complexity index is 524. The number of nitrogens with one attached hydrogen (secondary N) is 1. The molecule has 0 unspecified atom stereocenters. The molecular weight excluding hydrogens is 280 g/mol. The van der Waals surface area contributed by atoms with Crippen molar-refractivity contribution >= 4 is 34.7 Å². The highest BCUT2D eigenvalue weighted by molar-refractivity contribution is 7.80. The van der Waals surface area contributed by atoms with Crippen molar-refractivity contribution in [1.82, 2.24) is 5.32 Å². The molecule has 1 aromatic rings. The van der Waals surface area contributed by atoms with Gasteiger partial charge in [0.05, 0.1) is 10.5 Å². The van der Waals surface area contributed by atoms with E-state index in [1.165, 1.54) is 0 Å². The number of thiocarbonyl (C=S) groups is 1. The standard InChI is InChI=1S/C14H17ClN2OS/c1-9-8-10(4-5-11(9)15)12(18)17-14(13(16)19)6-2-3-7-14/h4-5,8H,2-3,6-7H2,1H3,(H2,16,19)(H,17,18). The molecule has 0 aromatic heterocycles. The Morgan fingerprint density at radius 3 is 2.58 bits per heavy atom. The van der Waals surface area contributed by atoms with Crippen molar-refractivity contribution in [1.29, 1.82) is 0 Å². The Hall–Kier alpha value is -1.13. The van der Waals surface area contributed by atoms with Crippen molar-refractivity contribution in [2.24, 2.45) is 5.73 Å². The smallest absolute Gasteiger partial charge is 0.252 e. The SMILES string of the molecule is Cc1cc(C(=O)NC2(C(N)=S)CCCC2)ccc1Cl. The maximum Gasteiger partial charge on any atom is 0.252 e. The first-order valence-electron chi connectivity index (χ1n) is 6.33. The molecule has 0 heterocycles. The third-order valence-corrected chi connectivity index (χ3v) is 4.52. The van der Waals surface area contributed by atoms with E-state index in [1.54, 1.807) is 18.2 Å². The minimum absolute atomic E-state index is 0.144. The van der Waals surface area contributed by atoms with Crippen LogP contribution in [0.1, 0.15) is 41.6 Å². The lowest BCUT2D eigenvalue weighted by Crippen LogP contribution is -2.54. The van der Waals surface area contributed by atoms with Crippen LogP contribution in [0, 0.1) is 6.92 Å². The van der Waals surface area contributed by atoms with E-state index < -0.39 is 5.54 Å². The van der Waals surface area contributed by atoms with Crippen molar-refractivity contribution in [2.75, 3.05) is 0 Å². The van der Waals surface area contributed by atoms with Crippen LogP contribution in [-0.4, -0.2) is 16.4 Å². The summed E-state index contributed by atoms with van der Waals surface area (Å²) in [7, 11) is 0. The highest BCUT2D eigenvalue weighted by atomic mass is 35.5. The number of hydrogen-bond donors (Lipinski definition) is 2. The van der Waals surface area contributed by atoms with Crippen molar-refractivity contribution in [3.05, 3.63) is 34.3 Å². The van der Waals surface area contributed by atoms with Gasteiger partial charge in [0.25, 0.3) is 5.91 Å². The van der Waals surface area contributed by atoms with E-state index in [0.717, 1.165) is 31.2 Å². The van der Waals surface area contributed by atoms with Crippen LogP contribution in [0.3, 0.4) is 0 Å². The molecule has 0 radical (unpaired) electrons. The number of carbonyl (C=O) groups is 1. The number of carbonyl (C=O) groups excluding carboxylic acids is 1. The summed E-state index contributed by atoms with van der Waals surface area (Å²) in [5.41, 5.74) is 6.76. The van der Waals surface area contributed by atoms with Crippen LogP contribution in [0.25, 0.3) is 0 Å². The summed E-state index contributed by atoms with van der Waals surface area (Å²) in [4.78, 5) is 12.7.